The van der Waals surface area contributed by atoms with E-state index in [1.807, 2.05) is 5.32 Å². The molecular formula is C16H13F3N4O3. The molecule has 2 aromatic carbocycles. The summed E-state index contributed by atoms with van der Waals surface area (Å²) in [6, 6.07) is 6.38. The summed E-state index contributed by atoms with van der Waals surface area (Å²) >= 11 is 0. The molecule has 0 spiro atoms. The second-order valence-electron chi connectivity index (χ2n) is 5.02. The average Bonchev–Trinajstić information content (AvgIpc) is 2.60. The van der Waals surface area contributed by atoms with Crippen LogP contribution >= 0.6 is 0 Å². The van der Waals surface area contributed by atoms with E-state index in [-0.39, 0.29) is 5.56 Å². The number of primary amides is 1. The second-order valence-corrected chi connectivity index (χ2v) is 5.02. The van der Waals surface area contributed by atoms with Gasteiger partial charge in [-0.15, -0.1) is 0 Å². The first-order valence-electron chi connectivity index (χ1n) is 7.16. The maximum atomic E-state index is 13.5. The van der Waals surface area contributed by atoms with Crippen molar-refractivity contribution >= 4 is 29.2 Å². The van der Waals surface area contributed by atoms with Gasteiger partial charge in [0, 0.05) is 11.3 Å². The fraction of sp³-hybridized carbons (Fsp3) is 0.0625. The predicted octanol–water partition coefficient (Wildman–Crippen LogP) is 1.96. The van der Waals surface area contributed by atoms with Gasteiger partial charge in [0.1, 0.15) is 0 Å². The van der Waals surface area contributed by atoms with Gasteiger partial charge in [0.2, 0.25) is 5.91 Å². The molecular weight excluding hydrogens is 353 g/mol. The number of carbonyl (C=O) groups excluding carboxylic acids is 3. The van der Waals surface area contributed by atoms with Gasteiger partial charge in [0.25, 0.3) is 5.91 Å². The molecule has 0 atom stereocenters. The summed E-state index contributed by atoms with van der Waals surface area (Å²) in [4.78, 5) is 34.3. The van der Waals surface area contributed by atoms with Crippen LogP contribution in [0.15, 0.2) is 36.4 Å². The van der Waals surface area contributed by atoms with Crippen molar-refractivity contribution < 1.29 is 27.6 Å². The summed E-state index contributed by atoms with van der Waals surface area (Å²) in [6.07, 6.45) is 0. The Hall–Kier alpha value is -3.56. The van der Waals surface area contributed by atoms with Crippen LogP contribution in [0.3, 0.4) is 0 Å². The number of anilines is 2. The third-order valence-corrected chi connectivity index (χ3v) is 3.13. The second kappa shape index (κ2) is 8.01. The highest BCUT2D eigenvalue weighted by atomic mass is 19.2. The van der Waals surface area contributed by atoms with E-state index >= 15 is 0 Å². The SMILES string of the molecule is NC(=O)Nc1ccc(C(=O)NCC(=O)Nc2ccc(F)c(F)c2F)cc1. The normalized spacial score (nSPS) is 10.1. The van der Waals surface area contributed by atoms with Gasteiger partial charge in [-0.1, -0.05) is 0 Å². The van der Waals surface area contributed by atoms with Gasteiger partial charge < -0.3 is 21.7 Å². The molecule has 5 N–H and O–H groups in total. The molecule has 0 bridgehead atoms. The summed E-state index contributed by atoms with van der Waals surface area (Å²) in [5.41, 5.74) is 4.96. The number of halogens is 3. The van der Waals surface area contributed by atoms with Crippen molar-refractivity contribution in [2.45, 2.75) is 0 Å². The van der Waals surface area contributed by atoms with Crippen molar-refractivity contribution in [1.29, 1.82) is 0 Å². The van der Waals surface area contributed by atoms with Crippen molar-refractivity contribution in [2.24, 2.45) is 5.73 Å². The maximum Gasteiger partial charge on any atom is 0.316 e. The number of benzene rings is 2. The first-order valence-corrected chi connectivity index (χ1v) is 7.16. The van der Waals surface area contributed by atoms with E-state index in [9.17, 15) is 27.6 Å². The lowest BCUT2D eigenvalue weighted by Gasteiger charge is -2.09. The van der Waals surface area contributed by atoms with Crippen LogP contribution in [0, 0.1) is 17.5 Å². The van der Waals surface area contributed by atoms with E-state index < -0.39 is 47.5 Å². The van der Waals surface area contributed by atoms with Crippen LogP contribution in [0.1, 0.15) is 10.4 Å². The number of hydrogen-bond donors (Lipinski definition) is 4. The number of amides is 4. The molecule has 0 saturated heterocycles. The Balaban J connectivity index is 1.91. The molecule has 26 heavy (non-hydrogen) atoms. The largest absolute Gasteiger partial charge is 0.351 e. The molecule has 10 heteroatoms. The van der Waals surface area contributed by atoms with Crippen LogP contribution in [0.2, 0.25) is 0 Å². The maximum absolute atomic E-state index is 13.5. The van der Waals surface area contributed by atoms with E-state index in [0.717, 1.165) is 6.07 Å². The van der Waals surface area contributed by atoms with E-state index in [1.165, 1.54) is 24.3 Å². The third-order valence-electron chi connectivity index (χ3n) is 3.13. The van der Waals surface area contributed by atoms with Gasteiger partial charge in [-0.2, -0.15) is 0 Å². The summed E-state index contributed by atoms with van der Waals surface area (Å²) in [7, 11) is 0. The summed E-state index contributed by atoms with van der Waals surface area (Å²) < 4.78 is 39.4. The van der Waals surface area contributed by atoms with E-state index in [1.54, 1.807) is 0 Å². The Morgan fingerprint density at radius 1 is 0.885 bits per heavy atom. The van der Waals surface area contributed by atoms with Gasteiger partial charge in [-0.3, -0.25) is 9.59 Å². The molecule has 0 heterocycles. The molecule has 0 aromatic heterocycles. The molecule has 7 nitrogen and oxygen atoms in total. The molecule has 0 aliphatic carbocycles. The molecule has 0 fully saturated rings. The molecule has 0 radical (unpaired) electrons. The van der Waals surface area contributed by atoms with Crippen LogP contribution in [-0.2, 0) is 4.79 Å². The Bertz CT molecular complexity index is 857. The topological polar surface area (TPSA) is 113 Å². The number of rotatable bonds is 5. The highest BCUT2D eigenvalue weighted by Gasteiger charge is 2.15. The van der Waals surface area contributed by atoms with Crippen LogP contribution in [-0.4, -0.2) is 24.4 Å². The van der Waals surface area contributed by atoms with Crippen molar-refractivity contribution in [1.82, 2.24) is 5.32 Å². The smallest absolute Gasteiger partial charge is 0.316 e. The first kappa shape index (κ1) is 18.8. The minimum Gasteiger partial charge on any atom is -0.351 e. The van der Waals surface area contributed by atoms with Crippen molar-refractivity contribution in [3.05, 3.63) is 59.4 Å². The molecule has 4 amide bonds. The molecule has 0 aliphatic heterocycles. The Morgan fingerprint density at radius 3 is 2.15 bits per heavy atom. The number of nitrogens with two attached hydrogens (primary N) is 1. The zero-order chi connectivity index (χ0) is 19.3. The van der Waals surface area contributed by atoms with Crippen molar-refractivity contribution in [2.75, 3.05) is 17.2 Å². The highest BCUT2D eigenvalue weighted by Crippen LogP contribution is 2.19. The lowest BCUT2D eigenvalue weighted by molar-refractivity contribution is -0.115. The zero-order valence-corrected chi connectivity index (χ0v) is 13.1. The van der Waals surface area contributed by atoms with Gasteiger partial charge in [0.15, 0.2) is 17.5 Å². The van der Waals surface area contributed by atoms with Crippen LogP contribution in [0.25, 0.3) is 0 Å². The lowest BCUT2D eigenvalue weighted by Crippen LogP contribution is -2.33. The minimum absolute atomic E-state index is 0.187. The summed E-state index contributed by atoms with van der Waals surface area (Å²) in [6.45, 7) is -0.529. The fourth-order valence-corrected chi connectivity index (χ4v) is 1.93. The highest BCUT2D eigenvalue weighted by molar-refractivity contribution is 5.99. The monoisotopic (exact) mass is 366 g/mol. The molecule has 0 aliphatic rings. The number of hydrogen-bond acceptors (Lipinski definition) is 3. The van der Waals surface area contributed by atoms with Gasteiger partial charge in [-0.25, -0.2) is 18.0 Å². The molecule has 2 rings (SSSR count). The zero-order valence-electron chi connectivity index (χ0n) is 13.1. The number of urea groups is 1. The van der Waals surface area contributed by atoms with Gasteiger partial charge >= 0.3 is 6.03 Å². The summed E-state index contributed by atoms with van der Waals surface area (Å²) in [5, 5.41) is 6.60. The quantitative estimate of drug-likeness (QED) is 0.607. The van der Waals surface area contributed by atoms with E-state index in [4.69, 9.17) is 5.73 Å². The average molecular weight is 366 g/mol. The summed E-state index contributed by atoms with van der Waals surface area (Å²) in [5.74, 6) is -6.09. The Labute approximate surface area is 145 Å². The fourth-order valence-electron chi connectivity index (χ4n) is 1.93. The standard InChI is InChI=1S/C16H13F3N4O3/c17-10-5-6-11(14(19)13(10)18)23-12(24)7-21-15(25)8-1-3-9(4-2-8)22-16(20)26/h1-6H,7H2,(H,21,25)(H,23,24)(H3,20,22,26). The molecule has 2 aromatic rings. The lowest BCUT2D eigenvalue weighted by atomic mass is 10.2. The number of nitrogens with one attached hydrogen (secondary N) is 3. The molecule has 0 unspecified atom stereocenters. The van der Waals surface area contributed by atoms with Gasteiger partial charge in [-0.05, 0) is 36.4 Å². The van der Waals surface area contributed by atoms with Crippen LogP contribution in [0.4, 0.5) is 29.3 Å². The molecule has 0 saturated carbocycles. The predicted molar refractivity (Wildman–Crippen MR) is 86.9 cm³/mol. The molecule has 136 valence electrons. The Morgan fingerprint density at radius 2 is 1.54 bits per heavy atom. The van der Waals surface area contributed by atoms with Gasteiger partial charge in [0.05, 0.1) is 12.2 Å². The van der Waals surface area contributed by atoms with Crippen molar-refractivity contribution in [3.63, 3.8) is 0 Å². The first-order chi connectivity index (χ1) is 12.3. The van der Waals surface area contributed by atoms with E-state index in [2.05, 4.69) is 10.6 Å². The minimum atomic E-state index is -1.71. The van der Waals surface area contributed by atoms with E-state index in [0.29, 0.717) is 11.8 Å². The number of carbonyl (C=O) groups is 3. The van der Waals surface area contributed by atoms with Crippen LogP contribution < -0.4 is 21.7 Å². The Kier molecular flexibility index (Phi) is 5.78. The van der Waals surface area contributed by atoms with Crippen molar-refractivity contribution in [3.8, 4) is 0 Å². The third kappa shape index (κ3) is 4.72. The van der Waals surface area contributed by atoms with Crippen LogP contribution in [0.5, 0.6) is 0 Å².